The van der Waals surface area contributed by atoms with Gasteiger partial charge in [-0.25, -0.2) is 9.97 Å². The van der Waals surface area contributed by atoms with Gasteiger partial charge in [-0.1, -0.05) is 0 Å². The van der Waals surface area contributed by atoms with Gasteiger partial charge in [0.25, 0.3) is 5.91 Å². The molecule has 0 aliphatic carbocycles. The Labute approximate surface area is 160 Å². The lowest BCUT2D eigenvalue weighted by Crippen LogP contribution is -2.13. The minimum absolute atomic E-state index is 0.192. The van der Waals surface area contributed by atoms with Gasteiger partial charge in [0.2, 0.25) is 5.91 Å². The highest BCUT2D eigenvalue weighted by Gasteiger charge is 2.20. The number of ether oxygens (including phenoxy) is 1. The first-order valence-corrected chi connectivity index (χ1v) is 9.13. The molecule has 2 aromatic heterocycles. The third kappa shape index (κ3) is 3.75. The van der Waals surface area contributed by atoms with Gasteiger partial charge in [-0.05, 0) is 44.5 Å². The minimum Gasteiger partial charge on any atom is -0.495 e. The van der Waals surface area contributed by atoms with Gasteiger partial charge in [-0.15, -0.1) is 11.3 Å². The number of benzene rings is 1. The number of carbonyl (C=O) groups is 2. The number of fused-ring (bicyclic) bond motifs is 1. The summed E-state index contributed by atoms with van der Waals surface area (Å²) in [6, 6.07) is 5.07. The number of hydrogen-bond donors (Lipinski definition) is 2. The molecule has 3 aromatic rings. The normalized spacial score (nSPS) is 10.7. The molecule has 0 fully saturated rings. The summed E-state index contributed by atoms with van der Waals surface area (Å²) < 4.78 is 5.32. The SMILES string of the molecule is COc1ccc(NC(C)=O)cc1NC(=O)c1sc2nc(C)nc(C)c2c1C. The summed E-state index contributed by atoms with van der Waals surface area (Å²) >= 11 is 1.33. The van der Waals surface area contributed by atoms with E-state index in [1.165, 1.54) is 25.4 Å². The number of amides is 2. The van der Waals surface area contributed by atoms with Crippen LogP contribution in [-0.4, -0.2) is 28.9 Å². The molecular formula is C19H20N4O3S. The van der Waals surface area contributed by atoms with Crippen LogP contribution < -0.4 is 15.4 Å². The van der Waals surface area contributed by atoms with E-state index < -0.39 is 0 Å². The Kier molecular flexibility index (Phi) is 5.09. The lowest BCUT2D eigenvalue weighted by atomic mass is 10.1. The molecule has 0 saturated carbocycles. The summed E-state index contributed by atoms with van der Waals surface area (Å²) in [5, 5.41) is 6.48. The predicted molar refractivity (Wildman–Crippen MR) is 107 cm³/mol. The molecule has 140 valence electrons. The van der Waals surface area contributed by atoms with E-state index in [9.17, 15) is 9.59 Å². The Balaban J connectivity index is 1.98. The van der Waals surface area contributed by atoms with Gasteiger partial charge < -0.3 is 15.4 Å². The minimum atomic E-state index is -0.258. The van der Waals surface area contributed by atoms with E-state index in [-0.39, 0.29) is 11.8 Å². The summed E-state index contributed by atoms with van der Waals surface area (Å²) in [7, 11) is 1.52. The van der Waals surface area contributed by atoms with Crippen molar-refractivity contribution < 1.29 is 14.3 Å². The van der Waals surface area contributed by atoms with E-state index >= 15 is 0 Å². The van der Waals surface area contributed by atoms with E-state index in [0.717, 1.165) is 21.5 Å². The maximum Gasteiger partial charge on any atom is 0.266 e. The fourth-order valence-electron chi connectivity index (χ4n) is 2.96. The molecule has 0 aliphatic rings. The molecule has 7 nitrogen and oxygen atoms in total. The number of hydrogen-bond acceptors (Lipinski definition) is 6. The van der Waals surface area contributed by atoms with Gasteiger partial charge in [0.1, 0.15) is 16.4 Å². The van der Waals surface area contributed by atoms with Crippen LogP contribution in [0.15, 0.2) is 18.2 Å². The Morgan fingerprint density at radius 2 is 1.85 bits per heavy atom. The standard InChI is InChI=1S/C19H20N4O3S/c1-9-16-10(2)20-11(3)21-19(16)27-17(9)18(25)23-14-8-13(22-12(4)24)6-7-15(14)26-5/h6-8H,1-5H3,(H,22,24)(H,23,25). The Hall–Kier alpha value is -3.00. The molecule has 2 heterocycles. The van der Waals surface area contributed by atoms with E-state index in [1.54, 1.807) is 18.2 Å². The van der Waals surface area contributed by atoms with Crippen LogP contribution in [0.1, 0.15) is 33.7 Å². The molecule has 0 aliphatic heterocycles. The van der Waals surface area contributed by atoms with Crippen LogP contribution >= 0.6 is 11.3 Å². The predicted octanol–water partition coefficient (Wildman–Crippen LogP) is 3.84. The summed E-state index contributed by atoms with van der Waals surface area (Å²) in [5.41, 5.74) is 2.76. The molecule has 0 unspecified atom stereocenters. The van der Waals surface area contributed by atoms with Crippen molar-refractivity contribution in [2.24, 2.45) is 0 Å². The average Bonchev–Trinajstić information content (AvgIpc) is 2.91. The molecule has 2 N–H and O–H groups in total. The number of nitrogens with zero attached hydrogens (tertiary/aromatic N) is 2. The van der Waals surface area contributed by atoms with Crippen molar-refractivity contribution in [3.8, 4) is 5.75 Å². The highest BCUT2D eigenvalue weighted by molar-refractivity contribution is 7.20. The van der Waals surface area contributed by atoms with Gasteiger partial charge in [0.05, 0.1) is 17.7 Å². The molecule has 1 aromatic carbocycles. The first-order chi connectivity index (χ1) is 12.8. The van der Waals surface area contributed by atoms with E-state index in [1.807, 2.05) is 20.8 Å². The van der Waals surface area contributed by atoms with Crippen molar-refractivity contribution in [1.82, 2.24) is 9.97 Å². The number of aromatic nitrogens is 2. The van der Waals surface area contributed by atoms with Crippen molar-refractivity contribution in [1.29, 1.82) is 0 Å². The lowest BCUT2D eigenvalue weighted by molar-refractivity contribution is -0.114. The average molecular weight is 384 g/mol. The van der Waals surface area contributed by atoms with Gasteiger partial charge in [-0.3, -0.25) is 9.59 Å². The molecular weight excluding hydrogens is 364 g/mol. The van der Waals surface area contributed by atoms with Crippen LogP contribution in [-0.2, 0) is 4.79 Å². The quantitative estimate of drug-likeness (QED) is 0.713. The van der Waals surface area contributed by atoms with E-state index in [2.05, 4.69) is 20.6 Å². The van der Waals surface area contributed by atoms with Crippen molar-refractivity contribution in [3.05, 3.63) is 40.2 Å². The number of aryl methyl sites for hydroxylation is 3. The number of methoxy groups -OCH3 is 1. The third-order valence-corrected chi connectivity index (χ3v) is 5.24. The molecule has 3 rings (SSSR count). The molecule has 2 amide bonds. The Bertz CT molecular complexity index is 1060. The lowest BCUT2D eigenvalue weighted by Gasteiger charge is -2.12. The summed E-state index contributed by atoms with van der Waals surface area (Å²) in [6.07, 6.45) is 0. The fourth-order valence-corrected chi connectivity index (χ4v) is 4.13. The number of nitrogens with one attached hydrogen (secondary N) is 2. The number of anilines is 2. The van der Waals surface area contributed by atoms with Crippen LogP contribution in [0.3, 0.4) is 0 Å². The van der Waals surface area contributed by atoms with E-state index in [4.69, 9.17) is 4.74 Å². The van der Waals surface area contributed by atoms with Crippen LogP contribution in [0, 0.1) is 20.8 Å². The fraction of sp³-hybridized carbons (Fsp3) is 0.263. The van der Waals surface area contributed by atoms with Crippen molar-refractivity contribution in [2.75, 3.05) is 17.7 Å². The third-order valence-electron chi connectivity index (χ3n) is 4.06. The first-order valence-electron chi connectivity index (χ1n) is 8.31. The number of thiophene rings is 1. The maximum absolute atomic E-state index is 12.9. The highest BCUT2D eigenvalue weighted by Crippen LogP contribution is 2.33. The van der Waals surface area contributed by atoms with Crippen LogP contribution in [0.25, 0.3) is 10.2 Å². The first kappa shape index (κ1) is 18.8. The van der Waals surface area contributed by atoms with Crippen molar-refractivity contribution in [2.45, 2.75) is 27.7 Å². The van der Waals surface area contributed by atoms with Gasteiger partial charge in [-0.2, -0.15) is 0 Å². The second-order valence-electron chi connectivity index (χ2n) is 6.14. The van der Waals surface area contributed by atoms with E-state index in [0.29, 0.717) is 27.8 Å². The molecule has 0 saturated heterocycles. The zero-order chi connectivity index (χ0) is 19.7. The molecule has 0 spiro atoms. The second kappa shape index (κ2) is 7.32. The number of rotatable bonds is 4. The molecule has 0 atom stereocenters. The zero-order valence-electron chi connectivity index (χ0n) is 15.8. The summed E-state index contributed by atoms with van der Waals surface area (Å²) in [5.74, 6) is 0.731. The summed E-state index contributed by atoms with van der Waals surface area (Å²) in [6.45, 7) is 7.07. The van der Waals surface area contributed by atoms with Crippen molar-refractivity contribution in [3.63, 3.8) is 0 Å². The Morgan fingerprint density at radius 1 is 1.11 bits per heavy atom. The largest absolute Gasteiger partial charge is 0.495 e. The van der Waals surface area contributed by atoms with Gasteiger partial charge in [0.15, 0.2) is 0 Å². The molecule has 27 heavy (non-hydrogen) atoms. The van der Waals surface area contributed by atoms with Crippen LogP contribution in [0.4, 0.5) is 11.4 Å². The van der Waals surface area contributed by atoms with Gasteiger partial charge >= 0.3 is 0 Å². The molecule has 0 bridgehead atoms. The topological polar surface area (TPSA) is 93.2 Å². The highest BCUT2D eigenvalue weighted by atomic mass is 32.1. The second-order valence-corrected chi connectivity index (χ2v) is 7.14. The Morgan fingerprint density at radius 3 is 2.52 bits per heavy atom. The van der Waals surface area contributed by atoms with Crippen LogP contribution in [0.2, 0.25) is 0 Å². The molecule has 8 heteroatoms. The smallest absolute Gasteiger partial charge is 0.266 e. The maximum atomic E-state index is 12.9. The number of carbonyl (C=O) groups excluding carboxylic acids is 2. The van der Waals surface area contributed by atoms with Crippen LogP contribution in [0.5, 0.6) is 5.75 Å². The zero-order valence-corrected chi connectivity index (χ0v) is 16.6. The summed E-state index contributed by atoms with van der Waals surface area (Å²) in [4.78, 5) is 34.4. The monoisotopic (exact) mass is 384 g/mol. The molecule has 0 radical (unpaired) electrons. The van der Waals surface area contributed by atoms with Crippen molar-refractivity contribution >= 4 is 44.7 Å². The van der Waals surface area contributed by atoms with Gasteiger partial charge in [0, 0.05) is 23.7 Å².